The van der Waals surface area contributed by atoms with E-state index in [4.69, 9.17) is 10.2 Å². The van der Waals surface area contributed by atoms with Crippen molar-refractivity contribution in [2.75, 3.05) is 6.54 Å². The maximum Gasteiger partial charge on any atom is 0.326 e. The van der Waals surface area contributed by atoms with Crippen LogP contribution >= 0.6 is 0 Å². The van der Waals surface area contributed by atoms with E-state index in [1.165, 1.54) is 0 Å². The molecule has 8 heteroatoms. The van der Waals surface area contributed by atoms with E-state index < -0.39 is 42.8 Å². The van der Waals surface area contributed by atoms with Crippen molar-refractivity contribution in [3.63, 3.8) is 0 Å². The number of rotatable bonds is 7. The number of benzene rings is 1. The Balaban J connectivity index is 2.48. The lowest BCUT2D eigenvalue weighted by Crippen LogP contribution is -2.46. The van der Waals surface area contributed by atoms with Crippen LogP contribution in [0.5, 0.6) is 0 Å². The van der Waals surface area contributed by atoms with E-state index in [-0.39, 0.29) is 0 Å². The molecule has 8 nitrogen and oxygen atoms in total. The van der Waals surface area contributed by atoms with Crippen LogP contribution in [0.15, 0.2) is 30.3 Å². The van der Waals surface area contributed by atoms with Crippen LogP contribution in [-0.4, -0.2) is 46.6 Å². The number of carbonyl (C=O) groups excluding carboxylic acids is 2. The van der Waals surface area contributed by atoms with Crippen LogP contribution < -0.4 is 10.6 Å². The second-order valence-corrected chi connectivity index (χ2v) is 4.10. The molecule has 0 saturated carbocycles. The monoisotopic (exact) mass is 294 g/mol. The van der Waals surface area contributed by atoms with Crippen LogP contribution in [0.3, 0.4) is 0 Å². The van der Waals surface area contributed by atoms with E-state index in [0.717, 1.165) is 0 Å². The van der Waals surface area contributed by atoms with Gasteiger partial charge >= 0.3 is 11.9 Å². The molecule has 112 valence electrons. The van der Waals surface area contributed by atoms with Crippen molar-refractivity contribution in [1.82, 2.24) is 10.6 Å². The number of carbonyl (C=O) groups is 4. The van der Waals surface area contributed by atoms with E-state index in [0.29, 0.717) is 5.56 Å². The Bertz CT molecular complexity index is 543. The Labute approximate surface area is 119 Å². The van der Waals surface area contributed by atoms with Gasteiger partial charge in [0.25, 0.3) is 5.91 Å². The van der Waals surface area contributed by atoms with Gasteiger partial charge in [-0.1, -0.05) is 18.2 Å². The van der Waals surface area contributed by atoms with Gasteiger partial charge in [0.1, 0.15) is 6.04 Å². The first-order chi connectivity index (χ1) is 9.90. The minimum atomic E-state index is -1.54. The van der Waals surface area contributed by atoms with Crippen molar-refractivity contribution < 1.29 is 29.4 Å². The highest BCUT2D eigenvalue weighted by molar-refractivity contribution is 5.97. The molecule has 2 amide bonds. The largest absolute Gasteiger partial charge is 0.481 e. The molecule has 1 aromatic rings. The molecular weight excluding hydrogens is 280 g/mol. The van der Waals surface area contributed by atoms with Gasteiger partial charge in [-0.3, -0.25) is 14.4 Å². The van der Waals surface area contributed by atoms with Crippen molar-refractivity contribution in [3.8, 4) is 0 Å². The maximum absolute atomic E-state index is 11.6. The second-order valence-electron chi connectivity index (χ2n) is 4.10. The molecular formula is C13H14N2O6. The molecule has 0 spiro atoms. The molecule has 1 aromatic carbocycles. The van der Waals surface area contributed by atoms with E-state index in [1.807, 2.05) is 5.32 Å². The Morgan fingerprint density at radius 2 is 1.67 bits per heavy atom. The molecule has 4 N–H and O–H groups in total. The van der Waals surface area contributed by atoms with Crippen LogP contribution in [0.1, 0.15) is 16.8 Å². The van der Waals surface area contributed by atoms with Gasteiger partial charge in [-0.15, -0.1) is 0 Å². The Hall–Kier alpha value is -2.90. The third-order valence-electron chi connectivity index (χ3n) is 2.46. The summed E-state index contributed by atoms with van der Waals surface area (Å²) in [6.45, 7) is -0.447. The first-order valence-corrected chi connectivity index (χ1v) is 5.97. The standard InChI is InChI=1S/C13H14N2O6/c16-10(15-9(13(20)21)6-11(17)18)7-14-12(19)8-4-2-1-3-5-8/h1-5,9H,6-7H2,(H,14,19)(H,15,16)(H,17,18)(H,20,21)/t9-/m1/s1. The smallest absolute Gasteiger partial charge is 0.326 e. The van der Waals surface area contributed by atoms with Crippen LogP contribution in [0, 0.1) is 0 Å². The second kappa shape index (κ2) is 7.63. The van der Waals surface area contributed by atoms with Gasteiger partial charge in [0.05, 0.1) is 13.0 Å². The summed E-state index contributed by atoms with van der Waals surface area (Å²) in [6, 6.07) is 6.61. The fraction of sp³-hybridized carbons (Fsp3) is 0.231. The third kappa shape index (κ3) is 5.72. The summed E-state index contributed by atoms with van der Waals surface area (Å²) in [5.74, 6) is -4.08. The lowest BCUT2D eigenvalue weighted by Gasteiger charge is -2.12. The van der Waals surface area contributed by atoms with Crippen molar-refractivity contribution in [1.29, 1.82) is 0 Å². The normalized spacial score (nSPS) is 11.2. The van der Waals surface area contributed by atoms with Gasteiger partial charge in [-0.2, -0.15) is 0 Å². The Morgan fingerprint density at radius 3 is 2.19 bits per heavy atom. The zero-order valence-corrected chi connectivity index (χ0v) is 10.9. The topological polar surface area (TPSA) is 133 Å². The van der Waals surface area contributed by atoms with E-state index in [9.17, 15) is 19.2 Å². The zero-order chi connectivity index (χ0) is 15.8. The SMILES string of the molecule is O=C(O)C[C@@H](NC(=O)CNC(=O)c1ccccc1)C(=O)O. The van der Waals surface area contributed by atoms with Crippen LogP contribution in [-0.2, 0) is 14.4 Å². The zero-order valence-electron chi connectivity index (χ0n) is 10.9. The Morgan fingerprint density at radius 1 is 1.05 bits per heavy atom. The summed E-state index contributed by atoms with van der Waals surface area (Å²) >= 11 is 0. The summed E-state index contributed by atoms with van der Waals surface area (Å²) in [4.78, 5) is 44.4. The molecule has 0 unspecified atom stereocenters. The molecule has 0 aliphatic carbocycles. The number of carboxylic acid groups (broad SMARTS) is 2. The van der Waals surface area contributed by atoms with Crippen LogP contribution in [0.4, 0.5) is 0 Å². The number of hydrogen-bond acceptors (Lipinski definition) is 4. The van der Waals surface area contributed by atoms with E-state index in [1.54, 1.807) is 30.3 Å². The molecule has 1 atom stereocenters. The molecule has 0 bridgehead atoms. The molecule has 0 radical (unpaired) electrons. The number of nitrogens with one attached hydrogen (secondary N) is 2. The molecule has 0 heterocycles. The lowest BCUT2D eigenvalue weighted by atomic mass is 10.2. The maximum atomic E-state index is 11.6. The summed E-state index contributed by atoms with van der Waals surface area (Å²) < 4.78 is 0. The molecule has 21 heavy (non-hydrogen) atoms. The van der Waals surface area contributed by atoms with E-state index >= 15 is 0 Å². The average Bonchev–Trinajstić information content (AvgIpc) is 2.44. The number of aliphatic carboxylic acids is 2. The first-order valence-electron chi connectivity index (χ1n) is 5.97. The molecule has 0 aromatic heterocycles. The highest BCUT2D eigenvalue weighted by atomic mass is 16.4. The Kier molecular flexibility index (Phi) is 5.87. The molecule has 0 aliphatic rings. The van der Waals surface area contributed by atoms with Gasteiger partial charge in [-0.05, 0) is 12.1 Å². The van der Waals surface area contributed by atoms with Gasteiger partial charge in [0, 0.05) is 5.56 Å². The molecule has 1 rings (SSSR count). The summed E-state index contributed by atoms with van der Waals surface area (Å²) in [7, 11) is 0. The van der Waals surface area contributed by atoms with Crippen LogP contribution in [0.2, 0.25) is 0 Å². The molecule has 0 fully saturated rings. The van der Waals surface area contributed by atoms with Gasteiger partial charge in [0.2, 0.25) is 5.91 Å². The van der Waals surface area contributed by atoms with Gasteiger partial charge in [0.15, 0.2) is 0 Å². The quantitative estimate of drug-likeness (QED) is 0.534. The number of amides is 2. The first kappa shape index (κ1) is 16.2. The minimum Gasteiger partial charge on any atom is -0.481 e. The molecule has 0 aliphatic heterocycles. The minimum absolute atomic E-state index is 0.352. The summed E-state index contributed by atoms with van der Waals surface area (Å²) in [5.41, 5.74) is 0.352. The third-order valence-corrected chi connectivity index (χ3v) is 2.46. The number of hydrogen-bond donors (Lipinski definition) is 4. The highest BCUT2D eigenvalue weighted by Crippen LogP contribution is 1.97. The van der Waals surface area contributed by atoms with Crippen molar-refractivity contribution in [3.05, 3.63) is 35.9 Å². The van der Waals surface area contributed by atoms with Crippen LogP contribution in [0.25, 0.3) is 0 Å². The lowest BCUT2D eigenvalue weighted by molar-refractivity contribution is -0.147. The van der Waals surface area contributed by atoms with Crippen molar-refractivity contribution in [2.45, 2.75) is 12.5 Å². The van der Waals surface area contributed by atoms with Gasteiger partial charge < -0.3 is 20.8 Å². The molecule has 0 saturated heterocycles. The fourth-order valence-electron chi connectivity index (χ4n) is 1.47. The fourth-order valence-corrected chi connectivity index (χ4v) is 1.47. The number of carboxylic acids is 2. The predicted molar refractivity (Wildman–Crippen MR) is 70.6 cm³/mol. The van der Waals surface area contributed by atoms with Crippen molar-refractivity contribution in [2.24, 2.45) is 0 Å². The summed E-state index contributed by atoms with van der Waals surface area (Å²) in [6.07, 6.45) is -0.742. The van der Waals surface area contributed by atoms with Gasteiger partial charge in [-0.25, -0.2) is 4.79 Å². The summed E-state index contributed by atoms with van der Waals surface area (Å²) in [5, 5.41) is 21.6. The van der Waals surface area contributed by atoms with Crippen molar-refractivity contribution >= 4 is 23.8 Å². The highest BCUT2D eigenvalue weighted by Gasteiger charge is 2.23. The average molecular weight is 294 g/mol. The van der Waals surface area contributed by atoms with E-state index in [2.05, 4.69) is 5.32 Å². The predicted octanol–water partition coefficient (Wildman–Crippen LogP) is -0.539.